The Labute approximate surface area is 128 Å². The van der Waals surface area contributed by atoms with Crippen LogP contribution in [-0.2, 0) is 11.2 Å². The van der Waals surface area contributed by atoms with Crippen LogP contribution in [0.2, 0.25) is 0 Å². The molecule has 20 heavy (non-hydrogen) atoms. The summed E-state index contributed by atoms with van der Waals surface area (Å²) in [5.41, 5.74) is 2.38. The number of carbonyl (C=O) groups is 1. The van der Waals surface area contributed by atoms with Gasteiger partial charge in [-0.3, -0.25) is 4.79 Å². The zero-order valence-electron chi connectivity index (χ0n) is 11.8. The number of thioether (sulfide) groups is 1. The number of rotatable bonds is 6. The number of amides is 1. The van der Waals surface area contributed by atoms with Crippen LogP contribution in [-0.4, -0.2) is 12.2 Å². The van der Waals surface area contributed by atoms with E-state index >= 15 is 0 Å². The fraction of sp³-hybridized carbons (Fsp3) is 0.312. The van der Waals surface area contributed by atoms with E-state index in [4.69, 9.17) is 0 Å². The van der Waals surface area contributed by atoms with E-state index in [0.29, 0.717) is 6.42 Å². The Morgan fingerprint density at radius 3 is 2.65 bits per heavy atom. The van der Waals surface area contributed by atoms with Crippen LogP contribution in [0.1, 0.15) is 30.5 Å². The molecule has 0 spiro atoms. The summed E-state index contributed by atoms with van der Waals surface area (Å²) in [6, 6.07) is 10.5. The predicted octanol–water partition coefficient (Wildman–Crippen LogP) is 4.28. The zero-order valence-corrected chi connectivity index (χ0v) is 13.4. The first-order valence-electron chi connectivity index (χ1n) is 6.63. The third-order valence-corrected chi connectivity index (χ3v) is 4.69. The first-order chi connectivity index (χ1) is 9.69. The predicted molar refractivity (Wildman–Crippen MR) is 87.4 cm³/mol. The molecule has 1 heterocycles. The van der Waals surface area contributed by atoms with E-state index in [1.807, 2.05) is 12.3 Å². The molecule has 2 aromatic rings. The number of hydrogen-bond donors (Lipinski definition) is 1. The van der Waals surface area contributed by atoms with Crippen molar-refractivity contribution in [2.24, 2.45) is 0 Å². The lowest BCUT2D eigenvalue weighted by atomic mass is 10.1. The van der Waals surface area contributed by atoms with Crippen LogP contribution in [0, 0.1) is 0 Å². The van der Waals surface area contributed by atoms with E-state index in [-0.39, 0.29) is 11.9 Å². The SMILES string of the molecule is CSc1ccc([C@@H](C)NC(=O)CCc2ccsc2)cc1. The summed E-state index contributed by atoms with van der Waals surface area (Å²) in [7, 11) is 0. The van der Waals surface area contributed by atoms with Crippen molar-refractivity contribution in [1.29, 1.82) is 0 Å². The molecule has 0 fully saturated rings. The van der Waals surface area contributed by atoms with Crippen molar-refractivity contribution in [2.45, 2.75) is 30.7 Å². The van der Waals surface area contributed by atoms with Gasteiger partial charge in [-0.1, -0.05) is 12.1 Å². The van der Waals surface area contributed by atoms with Crippen LogP contribution in [0.4, 0.5) is 0 Å². The van der Waals surface area contributed by atoms with Crippen LogP contribution in [0.5, 0.6) is 0 Å². The van der Waals surface area contributed by atoms with Crippen LogP contribution < -0.4 is 5.32 Å². The van der Waals surface area contributed by atoms with Crippen molar-refractivity contribution in [1.82, 2.24) is 5.32 Å². The first kappa shape index (κ1) is 15.1. The number of thiophene rings is 1. The lowest BCUT2D eigenvalue weighted by Crippen LogP contribution is -2.26. The second kappa shape index (κ2) is 7.50. The molecular formula is C16H19NOS2. The van der Waals surface area contributed by atoms with Crippen molar-refractivity contribution < 1.29 is 4.79 Å². The standard InChI is InChI=1S/C16H19NOS2/c1-12(14-4-6-15(19-2)7-5-14)17-16(18)8-3-13-9-10-20-11-13/h4-7,9-12H,3,8H2,1-2H3,(H,17,18)/t12-/m1/s1. The molecule has 1 aromatic carbocycles. The fourth-order valence-electron chi connectivity index (χ4n) is 1.98. The number of hydrogen-bond acceptors (Lipinski definition) is 3. The molecule has 0 saturated carbocycles. The van der Waals surface area contributed by atoms with Crippen molar-refractivity contribution >= 4 is 29.0 Å². The molecule has 1 N–H and O–H groups in total. The van der Waals surface area contributed by atoms with Crippen molar-refractivity contribution in [2.75, 3.05) is 6.26 Å². The van der Waals surface area contributed by atoms with E-state index in [1.165, 1.54) is 10.5 Å². The lowest BCUT2D eigenvalue weighted by Gasteiger charge is -2.14. The molecular weight excluding hydrogens is 286 g/mol. The normalized spacial score (nSPS) is 12.1. The van der Waals surface area contributed by atoms with Gasteiger partial charge in [0, 0.05) is 11.3 Å². The van der Waals surface area contributed by atoms with Gasteiger partial charge in [-0.15, -0.1) is 11.8 Å². The summed E-state index contributed by atoms with van der Waals surface area (Å²) in [4.78, 5) is 13.2. The molecule has 1 aromatic heterocycles. The second-order valence-electron chi connectivity index (χ2n) is 4.69. The highest BCUT2D eigenvalue weighted by Crippen LogP contribution is 2.19. The molecule has 0 radical (unpaired) electrons. The van der Waals surface area contributed by atoms with Gasteiger partial charge in [-0.25, -0.2) is 0 Å². The van der Waals surface area contributed by atoms with E-state index in [1.54, 1.807) is 23.1 Å². The molecule has 0 saturated heterocycles. The number of nitrogens with one attached hydrogen (secondary N) is 1. The molecule has 0 aliphatic heterocycles. The Balaban J connectivity index is 1.83. The van der Waals surface area contributed by atoms with Gasteiger partial charge in [0.25, 0.3) is 0 Å². The largest absolute Gasteiger partial charge is 0.350 e. The van der Waals surface area contributed by atoms with Gasteiger partial charge >= 0.3 is 0 Å². The Hall–Kier alpha value is -1.26. The summed E-state index contributed by atoms with van der Waals surface area (Å²) in [6.07, 6.45) is 3.42. The van der Waals surface area contributed by atoms with E-state index in [2.05, 4.69) is 47.3 Å². The molecule has 0 aliphatic rings. The Bertz CT molecular complexity index is 534. The molecule has 1 atom stereocenters. The third kappa shape index (κ3) is 4.39. The monoisotopic (exact) mass is 305 g/mol. The maximum absolute atomic E-state index is 11.9. The fourth-order valence-corrected chi connectivity index (χ4v) is 3.09. The highest BCUT2D eigenvalue weighted by Gasteiger charge is 2.09. The van der Waals surface area contributed by atoms with Gasteiger partial charge in [0.05, 0.1) is 6.04 Å². The minimum absolute atomic E-state index is 0.0564. The van der Waals surface area contributed by atoms with Gasteiger partial charge in [-0.05, 0) is 59.7 Å². The Morgan fingerprint density at radius 1 is 1.30 bits per heavy atom. The number of benzene rings is 1. The minimum atomic E-state index is 0.0564. The molecule has 106 valence electrons. The zero-order chi connectivity index (χ0) is 14.4. The summed E-state index contributed by atoms with van der Waals surface area (Å²) in [6.45, 7) is 2.02. The average Bonchev–Trinajstić information content (AvgIpc) is 2.98. The minimum Gasteiger partial charge on any atom is -0.350 e. The van der Waals surface area contributed by atoms with Crippen LogP contribution in [0.15, 0.2) is 46.0 Å². The van der Waals surface area contributed by atoms with E-state index in [0.717, 1.165) is 12.0 Å². The quantitative estimate of drug-likeness (QED) is 0.807. The van der Waals surface area contributed by atoms with Gasteiger partial charge in [0.15, 0.2) is 0 Å². The molecule has 4 heteroatoms. The maximum atomic E-state index is 11.9. The van der Waals surface area contributed by atoms with Crippen LogP contribution in [0.25, 0.3) is 0 Å². The summed E-state index contributed by atoms with van der Waals surface area (Å²) in [5, 5.41) is 7.19. The average molecular weight is 305 g/mol. The maximum Gasteiger partial charge on any atom is 0.220 e. The first-order valence-corrected chi connectivity index (χ1v) is 8.80. The Kier molecular flexibility index (Phi) is 5.68. The smallest absolute Gasteiger partial charge is 0.220 e. The molecule has 2 nitrogen and oxygen atoms in total. The van der Waals surface area contributed by atoms with E-state index < -0.39 is 0 Å². The second-order valence-corrected chi connectivity index (χ2v) is 6.35. The summed E-state index contributed by atoms with van der Waals surface area (Å²) >= 11 is 3.40. The highest BCUT2D eigenvalue weighted by atomic mass is 32.2. The molecule has 2 rings (SSSR count). The number of carbonyl (C=O) groups excluding carboxylic acids is 1. The lowest BCUT2D eigenvalue weighted by molar-refractivity contribution is -0.121. The van der Waals surface area contributed by atoms with Gasteiger partial charge in [0.2, 0.25) is 5.91 Å². The number of aryl methyl sites for hydroxylation is 1. The van der Waals surface area contributed by atoms with Crippen molar-refractivity contribution in [3.8, 4) is 0 Å². The summed E-state index contributed by atoms with van der Waals surface area (Å²) < 4.78 is 0. The summed E-state index contributed by atoms with van der Waals surface area (Å²) in [5.74, 6) is 0.109. The van der Waals surface area contributed by atoms with Gasteiger partial charge < -0.3 is 5.32 Å². The molecule has 0 unspecified atom stereocenters. The third-order valence-electron chi connectivity index (χ3n) is 3.21. The van der Waals surface area contributed by atoms with Crippen LogP contribution in [0.3, 0.4) is 0 Å². The van der Waals surface area contributed by atoms with Crippen molar-refractivity contribution in [3.05, 3.63) is 52.2 Å². The topological polar surface area (TPSA) is 29.1 Å². The van der Waals surface area contributed by atoms with Crippen LogP contribution >= 0.6 is 23.1 Å². The molecule has 0 bridgehead atoms. The van der Waals surface area contributed by atoms with Gasteiger partial charge in [0.1, 0.15) is 0 Å². The Morgan fingerprint density at radius 2 is 2.05 bits per heavy atom. The molecule has 0 aliphatic carbocycles. The van der Waals surface area contributed by atoms with Gasteiger partial charge in [-0.2, -0.15) is 11.3 Å². The molecule has 1 amide bonds. The van der Waals surface area contributed by atoms with Crippen molar-refractivity contribution in [3.63, 3.8) is 0 Å². The highest BCUT2D eigenvalue weighted by molar-refractivity contribution is 7.98. The van der Waals surface area contributed by atoms with E-state index in [9.17, 15) is 4.79 Å².